The first-order valence-corrected chi connectivity index (χ1v) is 8.85. The van der Waals surface area contributed by atoms with E-state index in [1.807, 2.05) is 23.9 Å². The summed E-state index contributed by atoms with van der Waals surface area (Å²) >= 11 is 0. The zero-order chi connectivity index (χ0) is 16.6. The average molecular weight is 322 g/mol. The number of carbonyl (C=O) groups is 2. The minimum absolute atomic E-state index is 0.172. The maximum absolute atomic E-state index is 13.1. The largest absolute Gasteiger partial charge is 0.341 e. The van der Waals surface area contributed by atoms with Crippen LogP contribution in [0.5, 0.6) is 0 Å². The molecular weight excluding hydrogens is 292 g/mol. The summed E-state index contributed by atoms with van der Waals surface area (Å²) < 4.78 is 0. The molecule has 0 aromatic rings. The fourth-order valence-electron chi connectivity index (χ4n) is 3.92. The number of amides is 2. The van der Waals surface area contributed by atoms with Crippen molar-refractivity contribution in [2.24, 2.45) is 5.92 Å². The van der Waals surface area contributed by atoms with Gasteiger partial charge in [-0.2, -0.15) is 0 Å². The van der Waals surface area contributed by atoms with E-state index in [1.54, 1.807) is 0 Å². The predicted molar refractivity (Wildman–Crippen MR) is 89.0 cm³/mol. The van der Waals surface area contributed by atoms with Gasteiger partial charge in [-0.05, 0) is 52.7 Å². The van der Waals surface area contributed by atoms with Gasteiger partial charge < -0.3 is 14.7 Å². The second kappa shape index (κ2) is 6.40. The van der Waals surface area contributed by atoms with Crippen molar-refractivity contribution >= 4 is 11.8 Å². The van der Waals surface area contributed by atoms with Gasteiger partial charge in [0.2, 0.25) is 11.8 Å². The molecule has 3 fully saturated rings. The van der Waals surface area contributed by atoms with Gasteiger partial charge in [0.05, 0.1) is 6.54 Å². The van der Waals surface area contributed by atoms with E-state index in [9.17, 15) is 9.59 Å². The van der Waals surface area contributed by atoms with Crippen LogP contribution in [-0.2, 0) is 9.59 Å². The molecule has 2 saturated heterocycles. The number of nitrogens with zero attached hydrogens (tertiary/aromatic N) is 4. The van der Waals surface area contributed by atoms with E-state index < -0.39 is 0 Å². The Labute approximate surface area is 139 Å². The fraction of sp³-hybridized carbons (Fsp3) is 0.882. The van der Waals surface area contributed by atoms with Crippen LogP contribution >= 0.6 is 0 Å². The number of piperazine rings is 1. The summed E-state index contributed by atoms with van der Waals surface area (Å²) in [6, 6.07) is 0. The van der Waals surface area contributed by atoms with Gasteiger partial charge in [0.15, 0.2) is 0 Å². The molecule has 0 aromatic heterocycles. The molecule has 6 heteroatoms. The molecule has 0 aromatic carbocycles. The molecule has 0 atom stereocenters. The van der Waals surface area contributed by atoms with Crippen LogP contribution in [0.1, 0.15) is 25.7 Å². The molecule has 23 heavy (non-hydrogen) atoms. The van der Waals surface area contributed by atoms with Crippen LogP contribution in [0.15, 0.2) is 0 Å². The summed E-state index contributed by atoms with van der Waals surface area (Å²) in [7, 11) is 5.90. The van der Waals surface area contributed by atoms with Crippen LogP contribution in [0.2, 0.25) is 0 Å². The van der Waals surface area contributed by atoms with Crippen LogP contribution in [0.4, 0.5) is 0 Å². The van der Waals surface area contributed by atoms with Crippen LogP contribution in [0, 0.1) is 5.92 Å². The monoisotopic (exact) mass is 322 g/mol. The Morgan fingerprint density at radius 2 is 1.83 bits per heavy atom. The second-order valence-corrected chi connectivity index (χ2v) is 7.77. The van der Waals surface area contributed by atoms with Crippen molar-refractivity contribution in [2.45, 2.75) is 31.2 Å². The lowest BCUT2D eigenvalue weighted by molar-refractivity contribution is -0.157. The van der Waals surface area contributed by atoms with Gasteiger partial charge in [-0.3, -0.25) is 14.5 Å². The van der Waals surface area contributed by atoms with Crippen molar-refractivity contribution in [2.75, 3.05) is 60.4 Å². The van der Waals surface area contributed by atoms with Gasteiger partial charge in [-0.25, -0.2) is 0 Å². The van der Waals surface area contributed by atoms with E-state index in [1.165, 1.54) is 12.8 Å². The van der Waals surface area contributed by atoms with Crippen molar-refractivity contribution < 1.29 is 9.59 Å². The number of carbonyl (C=O) groups excluding carboxylic acids is 2. The van der Waals surface area contributed by atoms with Gasteiger partial charge in [0.25, 0.3) is 0 Å². The van der Waals surface area contributed by atoms with Gasteiger partial charge in [-0.1, -0.05) is 0 Å². The summed E-state index contributed by atoms with van der Waals surface area (Å²) in [6.07, 6.45) is 4.09. The Hall–Kier alpha value is -1.14. The SMILES string of the molecule is CN(C)CC(=O)N1CCC2(CC1)C(=O)N(CC1CC1)CCN2C. The zero-order valence-corrected chi connectivity index (χ0v) is 14.8. The number of hydrogen-bond acceptors (Lipinski definition) is 4. The van der Waals surface area contributed by atoms with Crippen molar-refractivity contribution in [3.8, 4) is 0 Å². The van der Waals surface area contributed by atoms with Crippen molar-refractivity contribution in [3.05, 3.63) is 0 Å². The molecule has 1 spiro atoms. The molecule has 2 aliphatic heterocycles. The highest BCUT2D eigenvalue weighted by atomic mass is 16.2. The highest BCUT2D eigenvalue weighted by Crippen LogP contribution is 2.36. The van der Waals surface area contributed by atoms with E-state index in [-0.39, 0.29) is 11.4 Å². The first-order chi connectivity index (χ1) is 10.9. The van der Waals surface area contributed by atoms with Gasteiger partial charge in [0, 0.05) is 32.7 Å². The summed E-state index contributed by atoms with van der Waals surface area (Å²) in [6.45, 7) is 4.59. The van der Waals surface area contributed by atoms with Crippen molar-refractivity contribution in [3.63, 3.8) is 0 Å². The minimum Gasteiger partial charge on any atom is -0.341 e. The van der Waals surface area contributed by atoms with Crippen LogP contribution < -0.4 is 0 Å². The Kier molecular flexibility index (Phi) is 4.65. The van der Waals surface area contributed by atoms with Crippen molar-refractivity contribution in [1.29, 1.82) is 0 Å². The first-order valence-electron chi connectivity index (χ1n) is 8.85. The third kappa shape index (κ3) is 3.38. The smallest absolute Gasteiger partial charge is 0.243 e. The molecule has 3 rings (SSSR count). The molecule has 1 saturated carbocycles. The third-order valence-electron chi connectivity index (χ3n) is 5.69. The van der Waals surface area contributed by atoms with Gasteiger partial charge in [0.1, 0.15) is 5.54 Å². The Bertz CT molecular complexity index is 467. The van der Waals surface area contributed by atoms with E-state index in [4.69, 9.17) is 0 Å². The Morgan fingerprint density at radius 3 is 2.39 bits per heavy atom. The standard InChI is InChI=1S/C17H30N4O2/c1-18(2)13-15(22)20-8-6-17(7-9-20)16(23)21(11-10-19(17)3)12-14-4-5-14/h14H,4-13H2,1-3H3. The minimum atomic E-state index is -0.373. The van der Waals surface area contributed by atoms with Gasteiger partial charge in [-0.15, -0.1) is 0 Å². The normalized spacial score (nSPS) is 25.5. The predicted octanol–water partition coefficient (Wildman–Crippen LogP) is 0.0932. The summed E-state index contributed by atoms with van der Waals surface area (Å²) in [4.78, 5) is 33.5. The van der Waals surface area contributed by atoms with Crippen molar-refractivity contribution in [1.82, 2.24) is 19.6 Å². The maximum atomic E-state index is 13.1. The summed E-state index contributed by atoms with van der Waals surface area (Å²) in [5.74, 6) is 1.21. The molecule has 0 radical (unpaired) electrons. The quantitative estimate of drug-likeness (QED) is 0.736. The maximum Gasteiger partial charge on any atom is 0.243 e. The molecule has 2 heterocycles. The van der Waals surface area contributed by atoms with Crippen LogP contribution in [0.3, 0.4) is 0 Å². The number of likely N-dealkylation sites (N-methyl/N-ethyl adjacent to an activating group) is 2. The molecule has 3 aliphatic rings. The van der Waals surface area contributed by atoms with E-state index in [0.717, 1.165) is 38.4 Å². The summed E-state index contributed by atoms with van der Waals surface area (Å²) in [5.41, 5.74) is -0.373. The lowest BCUT2D eigenvalue weighted by Crippen LogP contribution is -2.68. The first kappa shape index (κ1) is 16.7. The highest BCUT2D eigenvalue weighted by molar-refractivity contribution is 5.88. The number of piperidine rings is 1. The molecule has 0 bridgehead atoms. The Morgan fingerprint density at radius 1 is 1.17 bits per heavy atom. The van der Waals surface area contributed by atoms with E-state index in [0.29, 0.717) is 25.5 Å². The lowest BCUT2D eigenvalue weighted by atomic mass is 9.82. The number of rotatable bonds is 4. The van der Waals surface area contributed by atoms with E-state index in [2.05, 4.69) is 16.8 Å². The topological polar surface area (TPSA) is 47.1 Å². The Balaban J connectivity index is 1.64. The molecule has 1 aliphatic carbocycles. The molecule has 130 valence electrons. The molecule has 0 unspecified atom stereocenters. The third-order valence-corrected chi connectivity index (χ3v) is 5.69. The number of hydrogen-bond donors (Lipinski definition) is 0. The summed E-state index contributed by atoms with van der Waals surface area (Å²) in [5, 5.41) is 0. The van der Waals surface area contributed by atoms with E-state index >= 15 is 0 Å². The highest BCUT2D eigenvalue weighted by Gasteiger charge is 2.50. The molecular formula is C17H30N4O2. The van der Waals surface area contributed by atoms with Gasteiger partial charge >= 0.3 is 0 Å². The lowest BCUT2D eigenvalue weighted by Gasteiger charge is -2.51. The molecule has 2 amide bonds. The fourth-order valence-corrected chi connectivity index (χ4v) is 3.92. The second-order valence-electron chi connectivity index (χ2n) is 7.77. The number of likely N-dealkylation sites (tertiary alicyclic amines) is 1. The zero-order valence-electron chi connectivity index (χ0n) is 14.8. The average Bonchev–Trinajstić information content (AvgIpc) is 3.32. The van der Waals surface area contributed by atoms with Crippen LogP contribution in [-0.4, -0.2) is 97.4 Å². The molecule has 0 N–H and O–H groups in total. The van der Waals surface area contributed by atoms with Crippen LogP contribution in [0.25, 0.3) is 0 Å². The molecule has 6 nitrogen and oxygen atoms in total.